The molecule has 0 unspecified atom stereocenters. The molecule has 0 aliphatic carbocycles. The van der Waals surface area contributed by atoms with E-state index in [1.807, 2.05) is 75.5 Å². The van der Waals surface area contributed by atoms with Crippen molar-refractivity contribution in [2.45, 2.75) is 39.9 Å². The smallest absolute Gasteiger partial charge is 0.416 e. The van der Waals surface area contributed by atoms with Crippen molar-refractivity contribution in [1.29, 1.82) is 0 Å². The molecule has 1 N–H and O–H groups in total. The molecule has 6 nitrogen and oxygen atoms in total. The van der Waals surface area contributed by atoms with Crippen LogP contribution >= 0.6 is 0 Å². The zero-order valence-corrected chi connectivity index (χ0v) is 24.1. The number of hydrogen-bond donors (Lipinski definition) is 1. The van der Waals surface area contributed by atoms with Crippen molar-refractivity contribution in [3.05, 3.63) is 101 Å². The molecule has 0 radical (unpaired) electrons. The summed E-state index contributed by atoms with van der Waals surface area (Å²) in [6.07, 6.45) is -2.06. The number of rotatable bonds is 12. The molecule has 1 aromatic heterocycles. The highest BCUT2D eigenvalue weighted by Crippen LogP contribution is 2.30. The first-order chi connectivity index (χ1) is 20.0. The number of amides is 2. The monoisotopic (exact) mass is 579 g/mol. The Hall–Kier alpha value is -4.27. The number of halogens is 3. The van der Waals surface area contributed by atoms with Gasteiger partial charge in [-0.2, -0.15) is 13.2 Å². The van der Waals surface area contributed by atoms with Gasteiger partial charge in [-0.3, -0.25) is 9.59 Å². The molecular weight excluding hydrogens is 543 g/mol. The molecule has 3 aromatic carbocycles. The second-order valence-electron chi connectivity index (χ2n) is 10.7. The normalized spacial score (nSPS) is 11.6. The molecule has 222 valence electrons. The molecule has 42 heavy (non-hydrogen) atoms. The number of hydrogen-bond acceptors (Lipinski definition) is 3. The number of carbonyl (C=O) groups excluding carboxylic acids is 2. The average molecular weight is 580 g/mol. The summed E-state index contributed by atoms with van der Waals surface area (Å²) >= 11 is 0. The van der Waals surface area contributed by atoms with Crippen LogP contribution in [0, 0.1) is 5.92 Å². The van der Waals surface area contributed by atoms with Crippen molar-refractivity contribution in [3.63, 3.8) is 0 Å². The number of ether oxygens (including phenoxy) is 1. The van der Waals surface area contributed by atoms with Crippen molar-refractivity contribution >= 4 is 22.7 Å². The van der Waals surface area contributed by atoms with E-state index in [2.05, 4.69) is 4.98 Å². The highest BCUT2D eigenvalue weighted by Gasteiger charge is 2.32. The Morgan fingerprint density at radius 1 is 0.952 bits per heavy atom. The number of benzene rings is 3. The van der Waals surface area contributed by atoms with Gasteiger partial charge < -0.3 is 19.5 Å². The van der Waals surface area contributed by atoms with Crippen LogP contribution in [0.1, 0.15) is 47.8 Å². The summed E-state index contributed by atoms with van der Waals surface area (Å²) in [5.74, 6) is -0.170. The van der Waals surface area contributed by atoms with E-state index in [-0.39, 0.29) is 30.5 Å². The van der Waals surface area contributed by atoms with Crippen LogP contribution in [-0.4, -0.2) is 52.8 Å². The van der Waals surface area contributed by atoms with Gasteiger partial charge >= 0.3 is 6.18 Å². The van der Waals surface area contributed by atoms with Gasteiger partial charge in [0.1, 0.15) is 12.3 Å². The molecule has 0 saturated heterocycles. The van der Waals surface area contributed by atoms with Gasteiger partial charge in [0.25, 0.3) is 5.91 Å². The Bertz CT molecular complexity index is 1500. The Kier molecular flexibility index (Phi) is 9.93. The van der Waals surface area contributed by atoms with Gasteiger partial charge in [0.05, 0.1) is 12.2 Å². The fourth-order valence-corrected chi connectivity index (χ4v) is 4.90. The highest BCUT2D eigenvalue weighted by atomic mass is 19.4. The lowest BCUT2D eigenvalue weighted by Gasteiger charge is -2.29. The van der Waals surface area contributed by atoms with Crippen LogP contribution < -0.4 is 4.74 Å². The molecule has 4 rings (SSSR count). The second kappa shape index (κ2) is 13.6. The number of nitrogens with one attached hydrogen (secondary N) is 1. The van der Waals surface area contributed by atoms with Gasteiger partial charge in [-0.15, -0.1) is 0 Å². The summed E-state index contributed by atoms with van der Waals surface area (Å²) in [6.45, 7) is 6.90. The minimum absolute atomic E-state index is 0.00155. The number of para-hydroxylation sites is 1. The van der Waals surface area contributed by atoms with Crippen molar-refractivity contribution in [3.8, 4) is 5.75 Å². The fraction of sp³-hybridized carbons (Fsp3) is 0.333. The molecular formula is C33H36F3N3O3. The summed E-state index contributed by atoms with van der Waals surface area (Å²) in [7, 11) is 0. The molecule has 0 aliphatic heterocycles. The fourth-order valence-electron chi connectivity index (χ4n) is 4.90. The molecule has 0 atom stereocenters. The van der Waals surface area contributed by atoms with Crippen molar-refractivity contribution in [2.24, 2.45) is 5.92 Å². The first-order valence-electron chi connectivity index (χ1n) is 14.1. The maximum absolute atomic E-state index is 13.8. The van der Waals surface area contributed by atoms with E-state index in [4.69, 9.17) is 4.74 Å². The predicted octanol–water partition coefficient (Wildman–Crippen LogP) is 6.96. The number of aromatic nitrogens is 1. The molecule has 9 heteroatoms. The standard InChI is InChI=1S/C33H36F3N3O3/c1-4-42-28-14-12-24(13-15-28)21-38(17-16-26-19-37-30-11-6-5-10-29(26)30)31(40)22-39(20-23(2)3)32(41)25-8-7-9-27(18-25)33(34,35)36/h5-15,18-19,23,37H,4,16-17,20-22H2,1-3H3. The third-order valence-electron chi connectivity index (χ3n) is 6.92. The van der Waals surface area contributed by atoms with E-state index in [1.54, 1.807) is 4.90 Å². The number of nitrogens with zero attached hydrogens (tertiary/aromatic N) is 2. The Morgan fingerprint density at radius 2 is 1.69 bits per heavy atom. The van der Waals surface area contributed by atoms with Crippen LogP contribution in [0.4, 0.5) is 13.2 Å². The van der Waals surface area contributed by atoms with E-state index in [9.17, 15) is 22.8 Å². The number of carbonyl (C=O) groups is 2. The van der Waals surface area contributed by atoms with Gasteiger partial charge in [0.2, 0.25) is 5.91 Å². The molecule has 0 fully saturated rings. The molecule has 0 saturated carbocycles. The minimum atomic E-state index is -4.58. The number of fused-ring (bicyclic) bond motifs is 1. The second-order valence-corrected chi connectivity index (χ2v) is 10.7. The predicted molar refractivity (Wildman–Crippen MR) is 157 cm³/mol. The average Bonchev–Trinajstić information content (AvgIpc) is 3.38. The lowest BCUT2D eigenvalue weighted by molar-refractivity contribution is -0.137. The van der Waals surface area contributed by atoms with E-state index in [0.29, 0.717) is 26.1 Å². The summed E-state index contributed by atoms with van der Waals surface area (Å²) in [4.78, 5) is 33.6. The third-order valence-corrected chi connectivity index (χ3v) is 6.92. The van der Waals surface area contributed by atoms with Crippen molar-refractivity contribution < 1.29 is 27.5 Å². The first-order valence-corrected chi connectivity index (χ1v) is 14.1. The van der Waals surface area contributed by atoms with E-state index >= 15 is 0 Å². The summed E-state index contributed by atoms with van der Waals surface area (Å²) in [6, 6.07) is 19.8. The van der Waals surface area contributed by atoms with Crippen LogP contribution in [0.25, 0.3) is 10.9 Å². The van der Waals surface area contributed by atoms with Gasteiger partial charge in [0.15, 0.2) is 0 Å². The zero-order valence-electron chi connectivity index (χ0n) is 24.1. The third kappa shape index (κ3) is 7.93. The molecule has 0 aliphatic rings. The quantitative estimate of drug-likeness (QED) is 0.197. The maximum Gasteiger partial charge on any atom is 0.416 e. The Labute approximate surface area is 244 Å². The summed E-state index contributed by atoms with van der Waals surface area (Å²) in [5, 5.41) is 1.08. The van der Waals surface area contributed by atoms with E-state index < -0.39 is 17.6 Å². The highest BCUT2D eigenvalue weighted by molar-refractivity contribution is 5.96. The van der Waals surface area contributed by atoms with Gasteiger partial charge in [-0.1, -0.05) is 50.2 Å². The topological polar surface area (TPSA) is 65.6 Å². The molecule has 0 bridgehead atoms. The van der Waals surface area contributed by atoms with Crippen LogP contribution in [0.2, 0.25) is 0 Å². The molecule has 4 aromatic rings. The lowest BCUT2D eigenvalue weighted by Crippen LogP contribution is -2.44. The van der Waals surface area contributed by atoms with Crippen LogP contribution in [-0.2, 0) is 23.9 Å². The van der Waals surface area contributed by atoms with E-state index in [1.165, 1.54) is 17.0 Å². The van der Waals surface area contributed by atoms with Crippen molar-refractivity contribution in [2.75, 3.05) is 26.2 Å². The van der Waals surface area contributed by atoms with Crippen LogP contribution in [0.3, 0.4) is 0 Å². The molecule has 0 spiro atoms. The molecule has 1 heterocycles. The van der Waals surface area contributed by atoms with Gasteiger partial charge in [0, 0.05) is 42.3 Å². The number of H-pyrrole nitrogens is 1. The Morgan fingerprint density at radius 3 is 2.38 bits per heavy atom. The van der Waals surface area contributed by atoms with Crippen LogP contribution in [0.5, 0.6) is 5.75 Å². The Balaban J connectivity index is 1.57. The largest absolute Gasteiger partial charge is 0.494 e. The molecule has 2 amide bonds. The zero-order chi connectivity index (χ0) is 30.3. The van der Waals surface area contributed by atoms with Gasteiger partial charge in [-0.05, 0) is 66.8 Å². The lowest BCUT2D eigenvalue weighted by atomic mass is 10.1. The van der Waals surface area contributed by atoms with Crippen LogP contribution in [0.15, 0.2) is 79.0 Å². The summed E-state index contributed by atoms with van der Waals surface area (Å²) in [5.41, 5.74) is 1.96. The summed E-state index contributed by atoms with van der Waals surface area (Å²) < 4.78 is 45.5. The van der Waals surface area contributed by atoms with E-state index in [0.717, 1.165) is 39.9 Å². The van der Waals surface area contributed by atoms with Gasteiger partial charge in [-0.25, -0.2) is 0 Å². The maximum atomic E-state index is 13.8. The number of alkyl halides is 3. The SMILES string of the molecule is CCOc1ccc(CN(CCc2c[nH]c3ccccc23)C(=O)CN(CC(C)C)C(=O)c2cccc(C(F)(F)F)c2)cc1. The first kappa shape index (κ1) is 30.7. The number of aromatic amines is 1. The van der Waals surface area contributed by atoms with Crippen molar-refractivity contribution in [1.82, 2.24) is 14.8 Å². The minimum Gasteiger partial charge on any atom is -0.494 e.